The fourth-order valence-corrected chi connectivity index (χ4v) is 3.89. The van der Waals surface area contributed by atoms with E-state index in [0.717, 1.165) is 49.0 Å². The van der Waals surface area contributed by atoms with Crippen LogP contribution in [0.3, 0.4) is 0 Å². The van der Waals surface area contributed by atoms with Crippen molar-refractivity contribution in [2.45, 2.75) is 6.04 Å². The minimum atomic E-state index is -0.196. The second-order valence-electron chi connectivity index (χ2n) is 7.65. The average molecular weight is 419 g/mol. The Morgan fingerprint density at radius 2 is 1.65 bits per heavy atom. The summed E-state index contributed by atoms with van der Waals surface area (Å²) >= 11 is 0. The smallest absolute Gasteiger partial charge is 0.275 e. The lowest BCUT2D eigenvalue weighted by molar-refractivity contribution is -0.892. The molecule has 0 unspecified atom stereocenters. The molecule has 31 heavy (non-hydrogen) atoms. The van der Waals surface area contributed by atoms with Gasteiger partial charge in [0.2, 0.25) is 5.95 Å². The monoisotopic (exact) mass is 418 g/mol. The number of amides is 1. The molecule has 1 fully saturated rings. The Bertz CT molecular complexity index is 958. The summed E-state index contributed by atoms with van der Waals surface area (Å²) in [6.07, 6.45) is 3.52. The van der Waals surface area contributed by atoms with E-state index in [0.29, 0.717) is 6.54 Å². The highest BCUT2D eigenvalue weighted by Gasteiger charge is 2.25. The molecule has 0 radical (unpaired) electrons. The van der Waals surface area contributed by atoms with Gasteiger partial charge in [0.1, 0.15) is 5.75 Å². The van der Waals surface area contributed by atoms with Gasteiger partial charge in [0.15, 0.2) is 6.54 Å². The first-order chi connectivity index (χ1) is 15.2. The Kier molecular flexibility index (Phi) is 6.74. The largest absolute Gasteiger partial charge is 0.497 e. The van der Waals surface area contributed by atoms with Crippen LogP contribution in [0.15, 0.2) is 73.1 Å². The molecular formula is C24H28N5O2+. The summed E-state index contributed by atoms with van der Waals surface area (Å²) in [5, 5.41) is 3.24. The number of carbonyl (C=O) groups excluding carboxylic acids is 1. The number of nitrogens with one attached hydrogen (secondary N) is 2. The minimum absolute atomic E-state index is 0.0454. The van der Waals surface area contributed by atoms with Gasteiger partial charge in [-0.1, -0.05) is 42.5 Å². The van der Waals surface area contributed by atoms with Crippen molar-refractivity contribution in [2.24, 2.45) is 0 Å². The molecule has 1 atom stereocenters. The summed E-state index contributed by atoms with van der Waals surface area (Å²) in [7, 11) is 1.65. The number of carbonyl (C=O) groups is 1. The Labute approximate surface area is 182 Å². The van der Waals surface area contributed by atoms with E-state index < -0.39 is 0 Å². The second kappa shape index (κ2) is 10.0. The molecule has 1 amide bonds. The normalized spacial score (nSPS) is 15.3. The predicted octanol–water partition coefficient (Wildman–Crippen LogP) is 1.10. The van der Waals surface area contributed by atoms with Gasteiger partial charge in [-0.15, -0.1) is 0 Å². The predicted molar refractivity (Wildman–Crippen MR) is 119 cm³/mol. The Balaban J connectivity index is 1.39. The Morgan fingerprint density at radius 3 is 2.29 bits per heavy atom. The highest BCUT2D eigenvalue weighted by atomic mass is 16.5. The van der Waals surface area contributed by atoms with Crippen molar-refractivity contribution < 1.29 is 14.4 Å². The molecule has 3 aromatic rings. The summed E-state index contributed by atoms with van der Waals surface area (Å²) < 4.78 is 5.27. The fourth-order valence-electron chi connectivity index (χ4n) is 3.89. The highest BCUT2D eigenvalue weighted by molar-refractivity contribution is 5.78. The van der Waals surface area contributed by atoms with E-state index in [2.05, 4.69) is 20.2 Å². The van der Waals surface area contributed by atoms with E-state index >= 15 is 0 Å². The zero-order valence-electron chi connectivity index (χ0n) is 17.7. The van der Waals surface area contributed by atoms with Gasteiger partial charge in [0.05, 0.1) is 39.3 Å². The van der Waals surface area contributed by atoms with E-state index in [1.807, 2.05) is 60.7 Å². The Morgan fingerprint density at radius 1 is 1.00 bits per heavy atom. The van der Waals surface area contributed by atoms with Crippen LogP contribution in [0.5, 0.6) is 5.75 Å². The summed E-state index contributed by atoms with van der Waals surface area (Å²) in [6.45, 7) is 3.89. The van der Waals surface area contributed by atoms with Crippen molar-refractivity contribution >= 4 is 11.9 Å². The van der Waals surface area contributed by atoms with Crippen molar-refractivity contribution in [3.63, 3.8) is 0 Å². The molecule has 1 aromatic heterocycles. The second-order valence-corrected chi connectivity index (χ2v) is 7.65. The number of rotatable bonds is 7. The number of benzene rings is 2. The van der Waals surface area contributed by atoms with Crippen LogP contribution in [0.25, 0.3) is 0 Å². The lowest BCUT2D eigenvalue weighted by Gasteiger charge is -2.32. The maximum Gasteiger partial charge on any atom is 0.275 e. The number of quaternary nitrogens is 1. The van der Waals surface area contributed by atoms with Crippen LogP contribution in [0, 0.1) is 0 Å². The van der Waals surface area contributed by atoms with Crippen molar-refractivity contribution in [2.75, 3.05) is 44.7 Å². The van der Waals surface area contributed by atoms with Crippen molar-refractivity contribution in [3.05, 3.63) is 84.2 Å². The standard InChI is InChI=1S/C24H27N5O2/c1-31-21-10-8-20(9-11-21)23(19-6-3-2-4-7-19)27-22(30)18-28-14-16-29(17-15-28)24-25-12-5-13-26-24/h2-13,23H,14-18H2,1H3,(H,27,30)/p+1/t23-/m0/s1. The average Bonchev–Trinajstić information content (AvgIpc) is 2.84. The lowest BCUT2D eigenvalue weighted by atomic mass is 9.98. The van der Waals surface area contributed by atoms with Gasteiger partial charge in [0, 0.05) is 12.4 Å². The number of ether oxygens (including phenoxy) is 1. The van der Waals surface area contributed by atoms with Gasteiger partial charge in [-0.25, -0.2) is 9.97 Å². The van der Waals surface area contributed by atoms with Gasteiger partial charge >= 0.3 is 0 Å². The number of nitrogens with zero attached hydrogens (tertiary/aromatic N) is 3. The number of piperazine rings is 1. The van der Waals surface area contributed by atoms with Gasteiger partial charge < -0.3 is 19.9 Å². The van der Waals surface area contributed by atoms with Crippen LogP contribution in [0.2, 0.25) is 0 Å². The first-order valence-corrected chi connectivity index (χ1v) is 10.6. The van der Waals surface area contributed by atoms with Gasteiger partial charge in [-0.05, 0) is 29.3 Å². The third-order valence-corrected chi connectivity index (χ3v) is 5.60. The van der Waals surface area contributed by atoms with E-state index in [-0.39, 0.29) is 11.9 Å². The van der Waals surface area contributed by atoms with Crippen LogP contribution in [0.1, 0.15) is 17.2 Å². The third-order valence-electron chi connectivity index (χ3n) is 5.60. The fraction of sp³-hybridized carbons (Fsp3) is 0.292. The minimum Gasteiger partial charge on any atom is -0.497 e. The van der Waals surface area contributed by atoms with Gasteiger partial charge in [-0.3, -0.25) is 4.79 Å². The molecule has 0 bridgehead atoms. The Hall–Kier alpha value is -3.45. The first kappa shape index (κ1) is 20.8. The molecule has 7 nitrogen and oxygen atoms in total. The van der Waals surface area contributed by atoms with Gasteiger partial charge in [-0.2, -0.15) is 0 Å². The molecule has 0 aliphatic carbocycles. The molecular weight excluding hydrogens is 390 g/mol. The summed E-state index contributed by atoms with van der Waals surface area (Å²) in [6, 6.07) is 19.5. The van der Waals surface area contributed by atoms with E-state index in [1.165, 1.54) is 4.90 Å². The quantitative estimate of drug-likeness (QED) is 0.601. The molecule has 2 N–H and O–H groups in total. The van der Waals surface area contributed by atoms with E-state index in [9.17, 15) is 4.79 Å². The molecule has 2 heterocycles. The molecule has 7 heteroatoms. The third kappa shape index (κ3) is 5.38. The molecule has 0 spiro atoms. The van der Waals surface area contributed by atoms with Crippen LogP contribution < -0.4 is 19.9 Å². The number of anilines is 1. The maximum atomic E-state index is 12.9. The lowest BCUT2D eigenvalue weighted by Crippen LogP contribution is -3.16. The molecule has 1 saturated heterocycles. The zero-order chi connectivity index (χ0) is 21.5. The first-order valence-electron chi connectivity index (χ1n) is 10.6. The molecule has 2 aromatic carbocycles. The number of aromatic nitrogens is 2. The number of hydrogen-bond donors (Lipinski definition) is 2. The van der Waals surface area contributed by atoms with Crippen LogP contribution in [-0.4, -0.2) is 55.7 Å². The molecule has 1 aliphatic heterocycles. The van der Waals surface area contributed by atoms with Crippen molar-refractivity contribution in [3.8, 4) is 5.75 Å². The molecule has 0 saturated carbocycles. The summed E-state index contributed by atoms with van der Waals surface area (Å²) in [4.78, 5) is 25.0. The van der Waals surface area contributed by atoms with Crippen LogP contribution in [-0.2, 0) is 4.79 Å². The van der Waals surface area contributed by atoms with E-state index in [1.54, 1.807) is 19.5 Å². The SMILES string of the molecule is COc1ccc([C@@H](NC(=O)C[NH+]2CCN(c3ncccn3)CC2)c2ccccc2)cc1. The van der Waals surface area contributed by atoms with E-state index in [4.69, 9.17) is 4.74 Å². The summed E-state index contributed by atoms with van der Waals surface area (Å²) in [5.41, 5.74) is 2.09. The molecule has 1 aliphatic rings. The van der Waals surface area contributed by atoms with Gasteiger partial charge in [0.25, 0.3) is 5.91 Å². The molecule has 4 rings (SSSR count). The number of methoxy groups -OCH3 is 1. The zero-order valence-corrected chi connectivity index (χ0v) is 17.7. The maximum absolute atomic E-state index is 12.9. The van der Waals surface area contributed by atoms with Crippen molar-refractivity contribution in [1.82, 2.24) is 15.3 Å². The van der Waals surface area contributed by atoms with Crippen molar-refractivity contribution in [1.29, 1.82) is 0 Å². The number of hydrogen-bond acceptors (Lipinski definition) is 5. The highest BCUT2D eigenvalue weighted by Crippen LogP contribution is 2.24. The topological polar surface area (TPSA) is 71.8 Å². The van der Waals surface area contributed by atoms with Crippen LogP contribution >= 0.6 is 0 Å². The van der Waals surface area contributed by atoms with Crippen LogP contribution in [0.4, 0.5) is 5.95 Å². The molecule has 160 valence electrons. The summed E-state index contributed by atoms with van der Waals surface area (Å²) in [5.74, 6) is 1.60.